The van der Waals surface area contributed by atoms with Crippen LogP contribution >= 0.6 is 11.3 Å². The lowest BCUT2D eigenvalue weighted by Gasteiger charge is -2.40. The van der Waals surface area contributed by atoms with Crippen molar-refractivity contribution < 1.29 is 0 Å². The zero-order valence-electron chi connectivity index (χ0n) is 13.9. The molecule has 22 heavy (non-hydrogen) atoms. The first-order valence-electron chi connectivity index (χ1n) is 9.01. The Kier molecular flexibility index (Phi) is 4.11. The summed E-state index contributed by atoms with van der Waals surface area (Å²) in [5, 5.41) is 11.2. The van der Waals surface area contributed by atoms with Crippen molar-refractivity contribution in [2.45, 2.75) is 57.9 Å². The fraction of sp³-hybridized carbons (Fsp3) is 0.882. The van der Waals surface area contributed by atoms with E-state index in [0.29, 0.717) is 5.92 Å². The highest BCUT2D eigenvalue weighted by atomic mass is 32.1. The molecule has 122 valence electrons. The van der Waals surface area contributed by atoms with E-state index in [1.807, 2.05) is 0 Å². The zero-order valence-corrected chi connectivity index (χ0v) is 14.7. The molecule has 1 saturated carbocycles. The van der Waals surface area contributed by atoms with Crippen molar-refractivity contribution >= 4 is 16.5 Å². The quantitative estimate of drug-likeness (QED) is 0.851. The molecule has 3 saturated heterocycles. The van der Waals surface area contributed by atoms with E-state index in [0.717, 1.165) is 29.6 Å². The second-order valence-electron chi connectivity index (χ2n) is 7.83. The van der Waals surface area contributed by atoms with Crippen molar-refractivity contribution in [1.82, 2.24) is 15.1 Å². The molecule has 2 bridgehead atoms. The van der Waals surface area contributed by atoms with Crippen LogP contribution in [-0.2, 0) is 0 Å². The molecule has 4 fully saturated rings. The van der Waals surface area contributed by atoms with Gasteiger partial charge < -0.3 is 4.90 Å². The molecule has 2 atom stereocenters. The van der Waals surface area contributed by atoms with Gasteiger partial charge in [0, 0.05) is 38.1 Å². The number of rotatable bonds is 4. The van der Waals surface area contributed by atoms with Crippen molar-refractivity contribution in [3.63, 3.8) is 0 Å². The van der Waals surface area contributed by atoms with Gasteiger partial charge in [-0.3, -0.25) is 4.90 Å². The number of aromatic nitrogens is 2. The summed E-state index contributed by atoms with van der Waals surface area (Å²) < 4.78 is 0. The molecule has 0 spiro atoms. The van der Waals surface area contributed by atoms with E-state index in [-0.39, 0.29) is 0 Å². The molecule has 4 aliphatic rings. The molecule has 1 aromatic heterocycles. The van der Waals surface area contributed by atoms with Crippen LogP contribution in [0, 0.1) is 11.8 Å². The van der Waals surface area contributed by atoms with Gasteiger partial charge in [-0.05, 0) is 37.5 Å². The first-order chi connectivity index (χ1) is 10.7. The van der Waals surface area contributed by atoms with Gasteiger partial charge in [-0.1, -0.05) is 31.6 Å². The third kappa shape index (κ3) is 2.90. The summed E-state index contributed by atoms with van der Waals surface area (Å²) >= 11 is 1.80. The highest BCUT2D eigenvalue weighted by Crippen LogP contribution is 2.35. The van der Waals surface area contributed by atoms with E-state index < -0.39 is 0 Å². The Morgan fingerprint density at radius 2 is 1.95 bits per heavy atom. The summed E-state index contributed by atoms with van der Waals surface area (Å²) in [6.45, 7) is 9.42. The Bertz CT molecular complexity index is 511. The van der Waals surface area contributed by atoms with Crippen LogP contribution in [0.1, 0.15) is 56.9 Å². The molecule has 3 aliphatic heterocycles. The second kappa shape index (κ2) is 6.08. The number of hydrogen-bond acceptors (Lipinski definition) is 5. The number of nitrogens with zero attached hydrogens (tertiary/aromatic N) is 4. The molecule has 5 heteroatoms. The standard InChI is InChI=1S/C17H28N4S/c1-12(2)16-18-19-17(22-16)21-10-14-6-7-15(11-21)20(9-14)8-13-4-3-5-13/h12-15H,3-11H2,1-2H3/t14-,15-/m1/s1. The van der Waals surface area contributed by atoms with Gasteiger partial charge in [0.1, 0.15) is 5.01 Å². The molecular formula is C17H28N4S. The van der Waals surface area contributed by atoms with Gasteiger partial charge in [0.25, 0.3) is 0 Å². The van der Waals surface area contributed by atoms with Crippen LogP contribution in [0.15, 0.2) is 0 Å². The molecule has 4 heterocycles. The Morgan fingerprint density at radius 3 is 2.64 bits per heavy atom. The first-order valence-corrected chi connectivity index (χ1v) is 9.83. The molecule has 1 aromatic rings. The lowest BCUT2D eigenvalue weighted by molar-refractivity contribution is 0.0917. The predicted molar refractivity (Wildman–Crippen MR) is 91.6 cm³/mol. The van der Waals surface area contributed by atoms with Crippen LogP contribution in [0.5, 0.6) is 0 Å². The highest BCUT2D eigenvalue weighted by Gasteiger charge is 2.37. The molecule has 0 amide bonds. The number of anilines is 1. The third-order valence-electron chi connectivity index (χ3n) is 5.74. The average Bonchev–Trinajstić information content (AvgIpc) is 2.78. The maximum Gasteiger partial charge on any atom is 0.208 e. The molecule has 0 unspecified atom stereocenters. The van der Waals surface area contributed by atoms with E-state index >= 15 is 0 Å². The van der Waals surface area contributed by atoms with Crippen LogP contribution in [-0.4, -0.2) is 47.3 Å². The Labute approximate surface area is 137 Å². The molecule has 1 aliphatic carbocycles. The molecule has 4 nitrogen and oxygen atoms in total. The van der Waals surface area contributed by atoms with E-state index in [1.54, 1.807) is 11.3 Å². The van der Waals surface area contributed by atoms with Crippen molar-refractivity contribution in [1.29, 1.82) is 0 Å². The van der Waals surface area contributed by atoms with Crippen LogP contribution in [0.2, 0.25) is 0 Å². The molecule has 5 rings (SSSR count). The van der Waals surface area contributed by atoms with Crippen LogP contribution in [0.4, 0.5) is 5.13 Å². The lowest BCUT2D eigenvalue weighted by atomic mass is 9.83. The van der Waals surface area contributed by atoms with Crippen molar-refractivity contribution in [3.05, 3.63) is 5.01 Å². The molecule has 0 N–H and O–H groups in total. The smallest absolute Gasteiger partial charge is 0.208 e. The van der Waals surface area contributed by atoms with Gasteiger partial charge in [0.2, 0.25) is 5.13 Å². The van der Waals surface area contributed by atoms with Crippen molar-refractivity contribution in [2.24, 2.45) is 11.8 Å². The largest absolute Gasteiger partial charge is 0.345 e. The van der Waals surface area contributed by atoms with Gasteiger partial charge in [-0.25, -0.2) is 0 Å². The summed E-state index contributed by atoms with van der Waals surface area (Å²) in [6, 6.07) is 0.741. The molecular weight excluding hydrogens is 292 g/mol. The summed E-state index contributed by atoms with van der Waals surface area (Å²) in [4.78, 5) is 5.34. The SMILES string of the molecule is CC(C)c1nnc(N2C[C@@H]3CC[C@H](C2)N(CC2CCC2)C3)s1. The number of fused-ring (bicyclic) bond motifs is 4. The highest BCUT2D eigenvalue weighted by molar-refractivity contribution is 7.15. The van der Waals surface area contributed by atoms with E-state index in [4.69, 9.17) is 0 Å². The summed E-state index contributed by atoms with van der Waals surface area (Å²) in [7, 11) is 0. The van der Waals surface area contributed by atoms with Gasteiger partial charge >= 0.3 is 0 Å². The van der Waals surface area contributed by atoms with Crippen LogP contribution in [0.3, 0.4) is 0 Å². The molecule has 0 aromatic carbocycles. The van der Waals surface area contributed by atoms with Gasteiger partial charge in [0.05, 0.1) is 0 Å². The minimum absolute atomic E-state index is 0.491. The van der Waals surface area contributed by atoms with E-state index in [9.17, 15) is 0 Å². The van der Waals surface area contributed by atoms with E-state index in [1.165, 1.54) is 56.7 Å². The van der Waals surface area contributed by atoms with Gasteiger partial charge in [-0.2, -0.15) is 0 Å². The minimum Gasteiger partial charge on any atom is -0.345 e. The van der Waals surface area contributed by atoms with Crippen molar-refractivity contribution in [2.75, 3.05) is 31.1 Å². The average molecular weight is 321 g/mol. The van der Waals surface area contributed by atoms with Crippen molar-refractivity contribution in [3.8, 4) is 0 Å². The summed E-state index contributed by atoms with van der Waals surface area (Å²) in [6.07, 6.45) is 7.17. The normalized spacial score (nSPS) is 29.9. The Hall–Kier alpha value is -0.680. The monoisotopic (exact) mass is 320 g/mol. The maximum absolute atomic E-state index is 4.49. The van der Waals surface area contributed by atoms with Gasteiger partial charge in [0.15, 0.2) is 0 Å². The zero-order chi connectivity index (χ0) is 15.1. The number of piperidine rings is 1. The maximum atomic E-state index is 4.49. The predicted octanol–water partition coefficient (Wildman–Crippen LogP) is 3.36. The number of hydrogen-bond donors (Lipinski definition) is 0. The molecule has 0 radical (unpaired) electrons. The topological polar surface area (TPSA) is 32.3 Å². The lowest BCUT2D eigenvalue weighted by Crippen LogP contribution is -2.46. The van der Waals surface area contributed by atoms with Crippen LogP contribution < -0.4 is 4.90 Å². The van der Waals surface area contributed by atoms with Gasteiger partial charge in [-0.15, -0.1) is 10.2 Å². The van der Waals surface area contributed by atoms with Crippen LogP contribution in [0.25, 0.3) is 0 Å². The fourth-order valence-corrected chi connectivity index (χ4v) is 5.02. The minimum atomic E-state index is 0.491. The Balaban J connectivity index is 1.47. The van der Waals surface area contributed by atoms with E-state index in [2.05, 4.69) is 33.8 Å². The second-order valence-corrected chi connectivity index (χ2v) is 8.82. The summed E-state index contributed by atoms with van der Waals surface area (Å²) in [5.41, 5.74) is 0. The first kappa shape index (κ1) is 14.9. The fourth-order valence-electron chi connectivity index (χ4n) is 4.15. The Morgan fingerprint density at radius 1 is 1.09 bits per heavy atom. The summed E-state index contributed by atoms with van der Waals surface area (Å²) in [5.74, 6) is 2.30. The third-order valence-corrected chi connectivity index (χ3v) is 7.02.